The molecule has 130 valence electrons. The van der Waals surface area contributed by atoms with E-state index in [2.05, 4.69) is 20.3 Å². The van der Waals surface area contributed by atoms with Gasteiger partial charge in [0.25, 0.3) is 0 Å². The fourth-order valence-electron chi connectivity index (χ4n) is 1.69. The Hall–Kier alpha value is -1.87. The molecule has 0 heterocycles. The Balaban J connectivity index is 2.31. The summed E-state index contributed by atoms with van der Waals surface area (Å²) in [5, 5.41) is 6.01. The van der Waals surface area contributed by atoms with Crippen molar-refractivity contribution in [1.29, 1.82) is 0 Å². The molecular weight excluding hydrogens is 323 g/mol. The van der Waals surface area contributed by atoms with Gasteiger partial charge in [0.15, 0.2) is 5.96 Å². The van der Waals surface area contributed by atoms with E-state index in [-0.39, 0.29) is 18.5 Å². The Morgan fingerprint density at radius 2 is 2.09 bits per heavy atom. The standard InChI is InChI=1S/C14H23FN4O3S/c1-11(22-13-6-4-5-12(15)9-13)10-18-14(16-2)17-7-8-19-23(3,20)21/h4-6,9,11,19H,7-8,10H2,1-3H3,(H2,16,17,18). The number of hydrogen-bond donors (Lipinski definition) is 3. The highest BCUT2D eigenvalue weighted by molar-refractivity contribution is 7.88. The van der Waals surface area contributed by atoms with Crippen LogP contribution in [0.5, 0.6) is 5.75 Å². The van der Waals surface area contributed by atoms with Gasteiger partial charge in [-0.15, -0.1) is 0 Å². The molecule has 3 N–H and O–H groups in total. The third-order valence-electron chi connectivity index (χ3n) is 2.70. The summed E-state index contributed by atoms with van der Waals surface area (Å²) >= 11 is 0. The van der Waals surface area contributed by atoms with E-state index in [1.807, 2.05) is 6.92 Å². The third kappa shape index (κ3) is 8.99. The Morgan fingerprint density at radius 3 is 2.70 bits per heavy atom. The van der Waals surface area contributed by atoms with Crippen molar-refractivity contribution in [2.75, 3.05) is 32.9 Å². The molecule has 0 aliphatic rings. The molecule has 1 unspecified atom stereocenters. The maximum atomic E-state index is 13.1. The normalized spacial score (nSPS) is 13.5. The van der Waals surface area contributed by atoms with Crippen LogP contribution in [0.15, 0.2) is 29.3 Å². The van der Waals surface area contributed by atoms with Gasteiger partial charge in [-0.2, -0.15) is 0 Å². The third-order valence-corrected chi connectivity index (χ3v) is 3.42. The fraction of sp³-hybridized carbons (Fsp3) is 0.500. The van der Waals surface area contributed by atoms with Gasteiger partial charge < -0.3 is 15.4 Å². The molecule has 0 saturated carbocycles. The zero-order valence-electron chi connectivity index (χ0n) is 13.5. The minimum absolute atomic E-state index is 0.204. The molecule has 0 spiro atoms. The lowest BCUT2D eigenvalue weighted by Crippen LogP contribution is -2.44. The number of nitrogens with one attached hydrogen (secondary N) is 3. The summed E-state index contributed by atoms with van der Waals surface area (Å²) in [6, 6.07) is 5.94. The van der Waals surface area contributed by atoms with Crippen molar-refractivity contribution in [3.63, 3.8) is 0 Å². The van der Waals surface area contributed by atoms with Crippen molar-refractivity contribution in [1.82, 2.24) is 15.4 Å². The van der Waals surface area contributed by atoms with Crippen LogP contribution in [0.25, 0.3) is 0 Å². The summed E-state index contributed by atoms with van der Waals surface area (Å²) in [5.74, 6) is 0.633. The number of ether oxygens (including phenoxy) is 1. The molecule has 1 aromatic rings. The number of aliphatic imine (C=N–C) groups is 1. The predicted octanol–water partition coefficient (Wildman–Crippen LogP) is 0.307. The van der Waals surface area contributed by atoms with Gasteiger partial charge in [-0.3, -0.25) is 4.99 Å². The molecule has 9 heteroatoms. The molecule has 0 saturated heterocycles. The molecule has 0 aliphatic carbocycles. The maximum Gasteiger partial charge on any atom is 0.208 e. The van der Waals surface area contributed by atoms with Crippen LogP contribution in [0.3, 0.4) is 0 Å². The number of hydrogen-bond acceptors (Lipinski definition) is 4. The van der Waals surface area contributed by atoms with Crippen LogP contribution in [-0.2, 0) is 10.0 Å². The van der Waals surface area contributed by atoms with Gasteiger partial charge in [0.2, 0.25) is 10.0 Å². The van der Waals surface area contributed by atoms with E-state index < -0.39 is 10.0 Å². The topological polar surface area (TPSA) is 91.8 Å². The van der Waals surface area contributed by atoms with Gasteiger partial charge in [-0.1, -0.05) is 6.07 Å². The minimum Gasteiger partial charge on any atom is -0.489 e. The molecule has 0 bridgehead atoms. The SMILES string of the molecule is CN=C(NCCNS(C)(=O)=O)NCC(C)Oc1cccc(F)c1. The first kappa shape index (κ1) is 19.2. The summed E-state index contributed by atoms with van der Waals surface area (Å²) in [6.45, 7) is 2.95. The summed E-state index contributed by atoms with van der Waals surface area (Å²) in [4.78, 5) is 4.02. The summed E-state index contributed by atoms with van der Waals surface area (Å²) in [6.07, 6.45) is 0.899. The van der Waals surface area contributed by atoms with Crippen LogP contribution in [0.2, 0.25) is 0 Å². The second kappa shape index (κ2) is 9.31. The number of nitrogens with zero attached hydrogens (tertiary/aromatic N) is 1. The lowest BCUT2D eigenvalue weighted by Gasteiger charge is -2.17. The number of halogens is 1. The van der Waals surface area contributed by atoms with Crippen LogP contribution in [0.1, 0.15) is 6.92 Å². The van der Waals surface area contributed by atoms with E-state index >= 15 is 0 Å². The Kier molecular flexibility index (Phi) is 7.76. The lowest BCUT2D eigenvalue weighted by atomic mass is 10.3. The van der Waals surface area contributed by atoms with Gasteiger partial charge in [-0.05, 0) is 19.1 Å². The van der Waals surface area contributed by atoms with E-state index in [9.17, 15) is 12.8 Å². The van der Waals surface area contributed by atoms with Gasteiger partial charge in [-0.25, -0.2) is 17.5 Å². The molecule has 0 fully saturated rings. The number of benzene rings is 1. The number of guanidine groups is 1. The predicted molar refractivity (Wildman–Crippen MR) is 88.7 cm³/mol. The van der Waals surface area contributed by atoms with Crippen LogP contribution in [-0.4, -0.2) is 53.4 Å². The second-order valence-electron chi connectivity index (χ2n) is 4.93. The molecule has 23 heavy (non-hydrogen) atoms. The van der Waals surface area contributed by atoms with E-state index in [0.29, 0.717) is 24.8 Å². The first-order valence-electron chi connectivity index (χ1n) is 7.11. The van der Waals surface area contributed by atoms with E-state index in [1.165, 1.54) is 12.1 Å². The summed E-state index contributed by atoms with van der Waals surface area (Å²) < 4.78 is 42.9. The van der Waals surface area contributed by atoms with Gasteiger partial charge in [0, 0.05) is 26.2 Å². The zero-order valence-corrected chi connectivity index (χ0v) is 14.3. The van der Waals surface area contributed by atoms with E-state index in [1.54, 1.807) is 19.2 Å². The van der Waals surface area contributed by atoms with Crippen molar-refractivity contribution < 1.29 is 17.5 Å². The van der Waals surface area contributed by atoms with Gasteiger partial charge in [0.1, 0.15) is 17.7 Å². The second-order valence-corrected chi connectivity index (χ2v) is 6.77. The van der Waals surface area contributed by atoms with Crippen molar-refractivity contribution in [2.24, 2.45) is 4.99 Å². The molecule has 0 amide bonds. The molecule has 1 rings (SSSR count). The van der Waals surface area contributed by atoms with E-state index in [0.717, 1.165) is 6.26 Å². The highest BCUT2D eigenvalue weighted by Gasteiger charge is 2.06. The first-order chi connectivity index (χ1) is 10.8. The first-order valence-corrected chi connectivity index (χ1v) is 9.00. The van der Waals surface area contributed by atoms with Gasteiger partial charge >= 0.3 is 0 Å². The Labute approximate surface area is 136 Å². The molecule has 0 aliphatic heterocycles. The monoisotopic (exact) mass is 346 g/mol. The van der Waals surface area contributed by atoms with Crippen LogP contribution in [0.4, 0.5) is 4.39 Å². The molecule has 1 atom stereocenters. The smallest absolute Gasteiger partial charge is 0.208 e. The molecule has 0 radical (unpaired) electrons. The number of sulfonamides is 1. The highest BCUT2D eigenvalue weighted by atomic mass is 32.2. The average molecular weight is 346 g/mol. The van der Waals surface area contributed by atoms with Crippen molar-refractivity contribution in [3.05, 3.63) is 30.1 Å². The average Bonchev–Trinajstić information content (AvgIpc) is 2.45. The van der Waals surface area contributed by atoms with Gasteiger partial charge in [0.05, 0.1) is 12.8 Å². The maximum absolute atomic E-state index is 13.1. The van der Waals surface area contributed by atoms with Crippen LogP contribution in [0, 0.1) is 5.82 Å². The minimum atomic E-state index is -3.19. The van der Waals surface area contributed by atoms with Crippen LogP contribution < -0.4 is 20.1 Å². The largest absolute Gasteiger partial charge is 0.489 e. The van der Waals surface area contributed by atoms with E-state index in [4.69, 9.17) is 4.74 Å². The quantitative estimate of drug-likeness (QED) is 0.358. The number of rotatable bonds is 8. The Morgan fingerprint density at radius 1 is 1.35 bits per heavy atom. The molecule has 7 nitrogen and oxygen atoms in total. The van der Waals surface area contributed by atoms with Crippen molar-refractivity contribution >= 4 is 16.0 Å². The molecular formula is C14H23FN4O3S. The molecule has 0 aromatic heterocycles. The van der Waals surface area contributed by atoms with Crippen molar-refractivity contribution in [3.8, 4) is 5.75 Å². The fourth-order valence-corrected chi connectivity index (χ4v) is 2.17. The lowest BCUT2D eigenvalue weighted by molar-refractivity contribution is 0.223. The molecule has 1 aromatic carbocycles. The zero-order chi connectivity index (χ0) is 17.3. The summed E-state index contributed by atoms with van der Waals surface area (Å²) in [7, 11) is -1.58. The van der Waals surface area contributed by atoms with Crippen molar-refractivity contribution in [2.45, 2.75) is 13.0 Å². The Bertz CT molecular complexity index is 622. The summed E-state index contributed by atoms with van der Waals surface area (Å²) in [5.41, 5.74) is 0. The highest BCUT2D eigenvalue weighted by Crippen LogP contribution is 2.13. The van der Waals surface area contributed by atoms with Crippen LogP contribution >= 0.6 is 0 Å².